The van der Waals surface area contributed by atoms with E-state index < -0.39 is 17.6 Å². The van der Waals surface area contributed by atoms with Gasteiger partial charge in [-0.25, -0.2) is 0 Å². The molecule has 1 aromatic carbocycles. The maximum atomic E-state index is 12.7. The molecule has 29 heavy (non-hydrogen) atoms. The van der Waals surface area contributed by atoms with Crippen LogP contribution in [0.3, 0.4) is 0 Å². The minimum Gasteiger partial charge on any atom is -0.459 e. The van der Waals surface area contributed by atoms with Crippen molar-refractivity contribution in [2.75, 3.05) is 13.1 Å². The molecule has 1 fully saturated rings. The number of hydrogen-bond donors (Lipinski definition) is 2. The number of amides is 2. The smallest absolute Gasteiger partial charge is 0.287 e. The molecule has 4 rings (SSSR count). The summed E-state index contributed by atoms with van der Waals surface area (Å²) in [6, 6.07) is 16.5. The molecule has 0 aliphatic carbocycles. The molecule has 0 unspecified atom stereocenters. The Morgan fingerprint density at radius 3 is 2.66 bits per heavy atom. The number of furan rings is 1. The van der Waals surface area contributed by atoms with Gasteiger partial charge in [0.1, 0.15) is 0 Å². The molecular formula is C22H22N2O4S. The number of nitrogens with zero attached hydrogens (tertiary/aromatic N) is 1. The number of aliphatic hydroxyl groups excluding tert-OH is 1. The zero-order valence-electron chi connectivity index (χ0n) is 15.8. The van der Waals surface area contributed by atoms with Gasteiger partial charge in [-0.05, 0) is 35.6 Å². The van der Waals surface area contributed by atoms with E-state index in [-0.39, 0.29) is 18.2 Å². The fourth-order valence-electron chi connectivity index (χ4n) is 3.80. The first-order valence-corrected chi connectivity index (χ1v) is 10.4. The van der Waals surface area contributed by atoms with Gasteiger partial charge in [-0.15, -0.1) is 11.3 Å². The number of thiophene rings is 1. The highest BCUT2D eigenvalue weighted by Crippen LogP contribution is 2.34. The lowest BCUT2D eigenvalue weighted by Crippen LogP contribution is -2.62. The Morgan fingerprint density at radius 2 is 2.00 bits per heavy atom. The predicted molar refractivity (Wildman–Crippen MR) is 110 cm³/mol. The highest BCUT2D eigenvalue weighted by Gasteiger charge is 2.46. The Morgan fingerprint density at radius 1 is 1.17 bits per heavy atom. The Hall–Kier alpha value is -2.90. The average molecular weight is 410 g/mol. The van der Waals surface area contributed by atoms with Crippen LogP contribution >= 0.6 is 11.3 Å². The maximum Gasteiger partial charge on any atom is 0.287 e. The molecule has 150 valence electrons. The minimum absolute atomic E-state index is 0.0227. The first-order chi connectivity index (χ1) is 14.1. The largest absolute Gasteiger partial charge is 0.459 e. The third-order valence-electron chi connectivity index (χ3n) is 5.37. The van der Waals surface area contributed by atoms with Crippen LogP contribution in [0.4, 0.5) is 0 Å². The molecule has 2 aromatic heterocycles. The van der Waals surface area contributed by atoms with Crippen LogP contribution in [-0.2, 0) is 16.8 Å². The molecule has 1 aliphatic rings. The third kappa shape index (κ3) is 3.97. The monoisotopic (exact) mass is 410 g/mol. The van der Waals surface area contributed by atoms with E-state index in [4.69, 9.17) is 4.42 Å². The van der Waals surface area contributed by atoms with Crippen LogP contribution in [0.1, 0.15) is 27.4 Å². The molecule has 2 amide bonds. The summed E-state index contributed by atoms with van der Waals surface area (Å²) in [6.07, 6.45) is 1.21. The van der Waals surface area contributed by atoms with Crippen molar-refractivity contribution in [3.05, 3.63) is 82.4 Å². The van der Waals surface area contributed by atoms with E-state index in [9.17, 15) is 14.7 Å². The lowest BCUT2D eigenvalue weighted by Gasteiger charge is -2.46. The fraction of sp³-hybridized carbons (Fsp3) is 0.273. The first kappa shape index (κ1) is 19.4. The molecule has 0 saturated carbocycles. The number of aliphatic hydroxyl groups is 1. The summed E-state index contributed by atoms with van der Waals surface area (Å²) in [5.41, 5.74) is -0.192. The van der Waals surface area contributed by atoms with Crippen molar-refractivity contribution in [2.45, 2.75) is 24.5 Å². The van der Waals surface area contributed by atoms with Crippen LogP contribution in [0, 0.1) is 0 Å². The van der Waals surface area contributed by atoms with Crippen molar-refractivity contribution in [3.8, 4) is 0 Å². The Labute approximate surface area is 172 Å². The molecule has 3 heterocycles. The normalized spacial score (nSPS) is 21.7. The van der Waals surface area contributed by atoms with Crippen LogP contribution in [-0.4, -0.2) is 41.0 Å². The average Bonchev–Trinajstić information content (AvgIpc) is 3.44. The minimum atomic E-state index is -0.995. The number of piperidine rings is 1. The van der Waals surface area contributed by atoms with Crippen LogP contribution in [0.2, 0.25) is 0 Å². The van der Waals surface area contributed by atoms with Gasteiger partial charge in [0.05, 0.1) is 24.3 Å². The van der Waals surface area contributed by atoms with E-state index in [0.717, 1.165) is 10.4 Å². The molecule has 3 aromatic rings. The topological polar surface area (TPSA) is 82.8 Å². The van der Waals surface area contributed by atoms with Gasteiger partial charge >= 0.3 is 0 Å². The third-order valence-corrected chi connectivity index (χ3v) is 6.24. The summed E-state index contributed by atoms with van der Waals surface area (Å²) in [5, 5.41) is 16.1. The van der Waals surface area contributed by atoms with Crippen LogP contribution < -0.4 is 5.32 Å². The number of nitrogens with one attached hydrogen (secondary N) is 1. The van der Waals surface area contributed by atoms with E-state index in [1.165, 1.54) is 6.26 Å². The molecule has 0 spiro atoms. The summed E-state index contributed by atoms with van der Waals surface area (Å²) in [4.78, 5) is 28.1. The zero-order chi connectivity index (χ0) is 20.3. The highest BCUT2D eigenvalue weighted by molar-refractivity contribution is 7.10. The van der Waals surface area contributed by atoms with Gasteiger partial charge in [0, 0.05) is 18.0 Å². The van der Waals surface area contributed by atoms with Crippen molar-refractivity contribution in [1.82, 2.24) is 10.2 Å². The quantitative estimate of drug-likeness (QED) is 0.678. The Kier molecular flexibility index (Phi) is 5.51. The summed E-state index contributed by atoms with van der Waals surface area (Å²) < 4.78 is 5.21. The van der Waals surface area contributed by atoms with Crippen molar-refractivity contribution in [3.63, 3.8) is 0 Å². The van der Waals surface area contributed by atoms with E-state index in [2.05, 4.69) is 5.32 Å². The summed E-state index contributed by atoms with van der Waals surface area (Å²) >= 11 is 1.54. The molecule has 2 atom stereocenters. The second-order valence-electron chi connectivity index (χ2n) is 7.13. The standard InChI is InChI=1S/C22H22N2O4S/c25-19-15-24(20(26)14-17-8-5-13-29-17)11-10-22(19,16-6-2-1-3-7-16)23-21(27)18-9-4-12-28-18/h1-9,12-13,19,25H,10-11,14-15H2,(H,23,27)/t19-,22-/m1/s1. The Bertz CT molecular complexity index is 956. The number of carbonyl (C=O) groups is 2. The van der Waals surface area contributed by atoms with E-state index >= 15 is 0 Å². The van der Waals surface area contributed by atoms with Crippen LogP contribution in [0.15, 0.2) is 70.7 Å². The number of hydrogen-bond acceptors (Lipinski definition) is 5. The van der Waals surface area contributed by atoms with Crippen molar-refractivity contribution < 1.29 is 19.1 Å². The molecule has 0 bridgehead atoms. The van der Waals surface area contributed by atoms with Gasteiger partial charge in [0.15, 0.2) is 5.76 Å². The second kappa shape index (κ2) is 8.23. The summed E-state index contributed by atoms with van der Waals surface area (Å²) in [7, 11) is 0. The number of likely N-dealkylation sites (tertiary alicyclic amines) is 1. The van der Waals surface area contributed by atoms with Crippen molar-refractivity contribution >= 4 is 23.2 Å². The predicted octanol–water partition coefficient (Wildman–Crippen LogP) is 2.80. The lowest BCUT2D eigenvalue weighted by atomic mass is 9.78. The van der Waals surface area contributed by atoms with Gasteiger partial charge in [-0.2, -0.15) is 0 Å². The summed E-state index contributed by atoms with van der Waals surface area (Å²) in [5.74, 6) is -0.231. The second-order valence-corrected chi connectivity index (χ2v) is 8.16. The first-order valence-electron chi connectivity index (χ1n) is 9.48. The van der Waals surface area contributed by atoms with Crippen molar-refractivity contribution in [2.24, 2.45) is 0 Å². The van der Waals surface area contributed by atoms with E-state index in [0.29, 0.717) is 19.4 Å². The number of benzene rings is 1. The molecule has 1 aliphatic heterocycles. The molecular weight excluding hydrogens is 388 g/mol. The van der Waals surface area contributed by atoms with E-state index in [1.807, 2.05) is 47.8 Å². The molecule has 1 saturated heterocycles. The molecule has 7 heteroatoms. The molecule has 2 N–H and O–H groups in total. The van der Waals surface area contributed by atoms with Gasteiger partial charge < -0.3 is 19.7 Å². The highest BCUT2D eigenvalue weighted by atomic mass is 32.1. The lowest BCUT2D eigenvalue weighted by molar-refractivity contribution is -0.136. The molecule has 0 radical (unpaired) electrons. The fourth-order valence-corrected chi connectivity index (χ4v) is 4.49. The zero-order valence-corrected chi connectivity index (χ0v) is 16.6. The maximum absolute atomic E-state index is 12.7. The SMILES string of the molecule is O=C(N[C@@]1(c2ccccc2)CCN(C(=O)Cc2cccs2)C[C@H]1O)c1ccco1. The number of carbonyl (C=O) groups excluding carboxylic acids is 2. The number of β-amino-alcohol motifs (C(OH)–C–C–N with tert-alkyl or cyclic N) is 1. The van der Waals surface area contributed by atoms with Gasteiger partial charge in [-0.3, -0.25) is 9.59 Å². The van der Waals surface area contributed by atoms with Crippen LogP contribution in [0.25, 0.3) is 0 Å². The van der Waals surface area contributed by atoms with Gasteiger partial charge in [0.25, 0.3) is 5.91 Å². The van der Waals surface area contributed by atoms with Crippen LogP contribution in [0.5, 0.6) is 0 Å². The molecule has 6 nitrogen and oxygen atoms in total. The van der Waals surface area contributed by atoms with Gasteiger partial charge in [0.2, 0.25) is 5.91 Å². The Balaban J connectivity index is 1.56. The van der Waals surface area contributed by atoms with Gasteiger partial charge in [-0.1, -0.05) is 36.4 Å². The number of rotatable bonds is 5. The van der Waals surface area contributed by atoms with Crippen molar-refractivity contribution in [1.29, 1.82) is 0 Å². The van der Waals surface area contributed by atoms with E-state index in [1.54, 1.807) is 28.4 Å². The summed E-state index contributed by atoms with van der Waals surface area (Å²) in [6.45, 7) is 0.589.